The van der Waals surface area contributed by atoms with E-state index in [1.165, 1.54) is 17.0 Å². The van der Waals surface area contributed by atoms with E-state index in [0.717, 1.165) is 26.6 Å². The van der Waals surface area contributed by atoms with Crippen molar-refractivity contribution in [3.63, 3.8) is 0 Å². The molecule has 3 rings (SSSR count). The van der Waals surface area contributed by atoms with Gasteiger partial charge in [0.05, 0.1) is 10.6 Å². The number of anilines is 1. The van der Waals surface area contributed by atoms with Gasteiger partial charge in [0.2, 0.25) is 11.8 Å². The van der Waals surface area contributed by atoms with Gasteiger partial charge in [0.25, 0.3) is 10.0 Å². The van der Waals surface area contributed by atoms with Crippen molar-refractivity contribution in [2.45, 2.75) is 77.9 Å². The molecule has 0 aliphatic carbocycles. The highest BCUT2D eigenvalue weighted by Gasteiger charge is 2.34. The Morgan fingerprint density at radius 3 is 2.00 bits per heavy atom. The summed E-state index contributed by atoms with van der Waals surface area (Å²) in [5.41, 5.74) is 3.53. The number of benzene rings is 3. The van der Waals surface area contributed by atoms with Crippen LogP contribution < -0.4 is 9.62 Å². The molecule has 2 amide bonds. The first-order valence-corrected chi connectivity index (χ1v) is 15.0. The number of rotatable bonds is 10. The van der Waals surface area contributed by atoms with E-state index in [4.69, 9.17) is 0 Å². The second kappa shape index (κ2) is 12.7. The van der Waals surface area contributed by atoms with Crippen molar-refractivity contribution in [3.05, 3.63) is 95.1 Å². The molecule has 0 bridgehead atoms. The summed E-state index contributed by atoms with van der Waals surface area (Å²) in [5.74, 6) is -0.737. The Morgan fingerprint density at radius 2 is 1.45 bits per heavy atom. The summed E-state index contributed by atoms with van der Waals surface area (Å²) in [6, 6.07) is 20.5. The maximum absolute atomic E-state index is 14.2. The maximum Gasteiger partial charge on any atom is 0.264 e. The third-order valence-electron chi connectivity index (χ3n) is 6.59. The molecule has 214 valence electrons. The highest BCUT2D eigenvalue weighted by Crippen LogP contribution is 2.27. The molecular formula is C32H41N3O4S. The van der Waals surface area contributed by atoms with Gasteiger partial charge in [-0.2, -0.15) is 0 Å². The minimum absolute atomic E-state index is 0.0879. The van der Waals surface area contributed by atoms with Crippen molar-refractivity contribution < 1.29 is 18.0 Å². The van der Waals surface area contributed by atoms with Crippen LogP contribution in [0.4, 0.5) is 5.69 Å². The van der Waals surface area contributed by atoms with Crippen molar-refractivity contribution in [2.75, 3.05) is 10.8 Å². The van der Waals surface area contributed by atoms with Gasteiger partial charge in [0.1, 0.15) is 12.6 Å². The van der Waals surface area contributed by atoms with Crippen LogP contribution >= 0.6 is 0 Å². The zero-order valence-electron chi connectivity index (χ0n) is 24.6. The van der Waals surface area contributed by atoms with Gasteiger partial charge >= 0.3 is 0 Å². The molecule has 40 heavy (non-hydrogen) atoms. The number of amides is 2. The molecule has 0 fully saturated rings. The third-order valence-corrected chi connectivity index (χ3v) is 8.38. The van der Waals surface area contributed by atoms with E-state index in [1.54, 1.807) is 30.3 Å². The molecule has 0 radical (unpaired) electrons. The van der Waals surface area contributed by atoms with Gasteiger partial charge in [-0.05, 0) is 94.5 Å². The smallest absolute Gasteiger partial charge is 0.264 e. The van der Waals surface area contributed by atoms with E-state index in [1.807, 2.05) is 78.8 Å². The zero-order valence-corrected chi connectivity index (χ0v) is 25.4. The molecule has 3 aromatic rings. The highest BCUT2D eigenvalue weighted by atomic mass is 32.2. The lowest BCUT2D eigenvalue weighted by Crippen LogP contribution is -2.55. The molecule has 1 atom stereocenters. The first kappa shape index (κ1) is 30.9. The number of nitrogens with one attached hydrogen (secondary N) is 1. The second-order valence-corrected chi connectivity index (χ2v) is 13.1. The minimum Gasteiger partial charge on any atom is -0.350 e. The monoisotopic (exact) mass is 563 g/mol. The summed E-state index contributed by atoms with van der Waals surface area (Å²) in [6.07, 6.45) is 0.370. The summed E-state index contributed by atoms with van der Waals surface area (Å²) in [6.45, 7) is 13.0. The average molecular weight is 564 g/mol. The Balaban J connectivity index is 2.11. The van der Waals surface area contributed by atoms with E-state index >= 15 is 0 Å². The van der Waals surface area contributed by atoms with E-state index in [0.29, 0.717) is 12.1 Å². The Kier molecular flexibility index (Phi) is 9.79. The average Bonchev–Trinajstić information content (AvgIpc) is 2.87. The van der Waals surface area contributed by atoms with Crippen LogP contribution in [0.3, 0.4) is 0 Å². The van der Waals surface area contributed by atoms with Gasteiger partial charge in [-0.3, -0.25) is 13.9 Å². The van der Waals surface area contributed by atoms with E-state index in [2.05, 4.69) is 5.32 Å². The molecule has 7 nitrogen and oxygen atoms in total. The van der Waals surface area contributed by atoms with Gasteiger partial charge in [0.15, 0.2) is 0 Å². The SMILES string of the molecule is CC[C@H](C(=O)NC(C)(C)C)N(Cc1ccccc1C)C(=O)CN(c1cc(C)cc(C)c1)S(=O)(=O)c1ccccc1. The molecule has 0 unspecified atom stereocenters. The van der Waals surface area contributed by atoms with Gasteiger partial charge in [-0.1, -0.05) is 55.5 Å². The fourth-order valence-electron chi connectivity index (χ4n) is 4.69. The van der Waals surface area contributed by atoms with Gasteiger partial charge in [-0.25, -0.2) is 8.42 Å². The van der Waals surface area contributed by atoms with E-state index in [9.17, 15) is 18.0 Å². The maximum atomic E-state index is 14.2. The summed E-state index contributed by atoms with van der Waals surface area (Å²) in [4.78, 5) is 29.2. The van der Waals surface area contributed by atoms with Crippen LogP contribution in [0, 0.1) is 20.8 Å². The lowest BCUT2D eigenvalue weighted by atomic mass is 10.0. The number of carbonyl (C=O) groups is 2. The number of nitrogens with zero attached hydrogens (tertiary/aromatic N) is 2. The topological polar surface area (TPSA) is 86.8 Å². The lowest BCUT2D eigenvalue weighted by Gasteiger charge is -2.35. The van der Waals surface area contributed by atoms with Crippen LogP contribution in [0.5, 0.6) is 0 Å². The predicted molar refractivity (Wildman–Crippen MR) is 161 cm³/mol. The summed E-state index contributed by atoms with van der Waals surface area (Å²) in [5, 5.41) is 3.00. The largest absolute Gasteiger partial charge is 0.350 e. The standard InChI is InChI=1S/C32H41N3O4S/c1-8-29(31(37)33-32(5,6)7)34(21-26-15-13-12-14-25(26)4)30(36)22-35(27-19-23(2)18-24(3)20-27)40(38,39)28-16-10-9-11-17-28/h9-20,29H,8,21-22H2,1-7H3,(H,33,37)/t29-/m1/s1. The molecule has 0 spiro atoms. The van der Waals surface area contributed by atoms with Crippen molar-refractivity contribution in [3.8, 4) is 0 Å². The molecule has 0 aromatic heterocycles. The number of aryl methyl sites for hydroxylation is 3. The molecule has 0 heterocycles. The third kappa shape index (κ3) is 7.72. The molecule has 1 N–H and O–H groups in total. The second-order valence-electron chi connectivity index (χ2n) is 11.3. The van der Waals surface area contributed by atoms with E-state index in [-0.39, 0.29) is 17.3 Å². The summed E-state index contributed by atoms with van der Waals surface area (Å²) >= 11 is 0. The van der Waals surface area contributed by atoms with Gasteiger partial charge < -0.3 is 10.2 Å². The van der Waals surface area contributed by atoms with Crippen LogP contribution in [-0.4, -0.2) is 43.3 Å². The quantitative estimate of drug-likeness (QED) is 0.352. The van der Waals surface area contributed by atoms with Gasteiger partial charge in [0, 0.05) is 12.1 Å². The molecule has 0 aliphatic rings. The first-order valence-electron chi connectivity index (χ1n) is 13.5. The number of sulfonamides is 1. The number of hydrogen-bond donors (Lipinski definition) is 1. The number of carbonyl (C=O) groups excluding carboxylic acids is 2. The fourth-order valence-corrected chi connectivity index (χ4v) is 6.11. The molecule has 0 saturated heterocycles. The van der Waals surface area contributed by atoms with Crippen LogP contribution in [-0.2, 0) is 26.2 Å². The summed E-state index contributed by atoms with van der Waals surface area (Å²) < 4.78 is 29.1. The predicted octanol–water partition coefficient (Wildman–Crippen LogP) is 5.53. The first-order chi connectivity index (χ1) is 18.7. The Morgan fingerprint density at radius 1 is 0.875 bits per heavy atom. The van der Waals surface area contributed by atoms with Crippen molar-refractivity contribution >= 4 is 27.5 Å². The zero-order chi connectivity index (χ0) is 29.7. The molecule has 0 aliphatic heterocycles. The summed E-state index contributed by atoms with van der Waals surface area (Å²) in [7, 11) is -4.09. The Bertz CT molecular complexity index is 1430. The molecule has 3 aromatic carbocycles. The number of hydrogen-bond acceptors (Lipinski definition) is 4. The van der Waals surface area contributed by atoms with Crippen LogP contribution in [0.25, 0.3) is 0 Å². The molecule has 0 saturated carbocycles. The van der Waals surface area contributed by atoms with Crippen molar-refractivity contribution in [2.24, 2.45) is 0 Å². The van der Waals surface area contributed by atoms with E-state index < -0.39 is 34.1 Å². The Hall–Kier alpha value is -3.65. The Labute approximate surface area is 239 Å². The molecular weight excluding hydrogens is 522 g/mol. The van der Waals surface area contributed by atoms with Gasteiger partial charge in [-0.15, -0.1) is 0 Å². The van der Waals surface area contributed by atoms with Crippen molar-refractivity contribution in [1.82, 2.24) is 10.2 Å². The lowest BCUT2D eigenvalue weighted by molar-refractivity contribution is -0.141. The highest BCUT2D eigenvalue weighted by molar-refractivity contribution is 7.92. The van der Waals surface area contributed by atoms with Crippen LogP contribution in [0.1, 0.15) is 56.4 Å². The molecule has 8 heteroatoms. The van der Waals surface area contributed by atoms with Crippen LogP contribution in [0.15, 0.2) is 77.7 Å². The van der Waals surface area contributed by atoms with Crippen molar-refractivity contribution in [1.29, 1.82) is 0 Å². The van der Waals surface area contributed by atoms with Crippen LogP contribution in [0.2, 0.25) is 0 Å². The normalized spacial score (nSPS) is 12.5. The minimum atomic E-state index is -4.09. The fraction of sp³-hybridized carbons (Fsp3) is 0.375.